The first-order chi connectivity index (χ1) is 11.1. The normalized spacial score (nSPS) is 15.8. The van der Waals surface area contributed by atoms with Gasteiger partial charge in [-0.25, -0.2) is 4.79 Å². The lowest BCUT2D eigenvalue weighted by Gasteiger charge is -2.20. The Bertz CT molecular complexity index is 715. The van der Waals surface area contributed by atoms with Gasteiger partial charge in [0.15, 0.2) is 0 Å². The highest BCUT2D eigenvalue weighted by molar-refractivity contribution is 5.71. The lowest BCUT2D eigenvalue weighted by Crippen LogP contribution is -2.35. The van der Waals surface area contributed by atoms with Crippen molar-refractivity contribution < 1.29 is 19.5 Å². The second-order valence-electron chi connectivity index (χ2n) is 5.38. The van der Waals surface area contributed by atoms with Crippen LogP contribution in [0, 0.1) is 0 Å². The Labute approximate surface area is 134 Å². The van der Waals surface area contributed by atoms with Gasteiger partial charge in [-0.2, -0.15) is 5.06 Å². The van der Waals surface area contributed by atoms with Gasteiger partial charge < -0.3 is 15.2 Å². The molecule has 0 saturated heterocycles. The van der Waals surface area contributed by atoms with Crippen LogP contribution in [0.15, 0.2) is 42.5 Å². The molecule has 1 aliphatic carbocycles. The number of carbonyl (C=O) groups is 1. The number of nitrogens with zero attached hydrogens (tertiary/aromatic N) is 1. The molecule has 0 aliphatic heterocycles. The van der Waals surface area contributed by atoms with E-state index in [2.05, 4.69) is 0 Å². The van der Waals surface area contributed by atoms with Gasteiger partial charge in [-0.15, -0.1) is 0 Å². The van der Waals surface area contributed by atoms with Crippen LogP contribution in [0.25, 0.3) is 0 Å². The van der Waals surface area contributed by atoms with E-state index in [-0.39, 0.29) is 0 Å². The zero-order chi connectivity index (χ0) is 16.4. The van der Waals surface area contributed by atoms with Gasteiger partial charge in [0.2, 0.25) is 0 Å². The molecule has 3 rings (SSSR count). The number of hydrogen-bond donors (Lipinski definition) is 2. The van der Waals surface area contributed by atoms with Crippen molar-refractivity contribution >= 4 is 6.03 Å². The second-order valence-corrected chi connectivity index (χ2v) is 5.38. The summed E-state index contributed by atoms with van der Waals surface area (Å²) in [6.45, 7) is 0. The molecular weight excluding hydrogens is 296 g/mol. The third-order valence-electron chi connectivity index (χ3n) is 3.98. The first-order valence-corrected chi connectivity index (χ1v) is 7.31. The molecule has 3 N–H and O–H groups in total. The predicted octanol–water partition coefficient (Wildman–Crippen LogP) is 3.24. The quantitative estimate of drug-likeness (QED) is 0.670. The van der Waals surface area contributed by atoms with E-state index >= 15 is 0 Å². The molecule has 2 aromatic rings. The molecule has 6 heteroatoms. The van der Waals surface area contributed by atoms with Crippen molar-refractivity contribution in [3.63, 3.8) is 0 Å². The molecule has 23 heavy (non-hydrogen) atoms. The molecule has 1 unspecified atom stereocenters. The Hall–Kier alpha value is -2.73. The lowest BCUT2D eigenvalue weighted by molar-refractivity contribution is -0.0757. The number of aryl methyl sites for hydroxylation is 1. The van der Waals surface area contributed by atoms with Crippen molar-refractivity contribution in [1.29, 1.82) is 0 Å². The number of benzene rings is 2. The third-order valence-corrected chi connectivity index (χ3v) is 3.98. The van der Waals surface area contributed by atoms with Gasteiger partial charge in [-0.3, -0.25) is 5.21 Å². The van der Waals surface area contributed by atoms with Gasteiger partial charge in [0.05, 0.1) is 13.2 Å². The maximum atomic E-state index is 11.1. The topological polar surface area (TPSA) is 85.0 Å². The Kier molecular flexibility index (Phi) is 4.08. The number of nitrogens with two attached hydrogens (primary N) is 1. The van der Waals surface area contributed by atoms with Crippen LogP contribution in [-0.2, 0) is 6.42 Å². The standard InChI is InChI=1S/C17H18N2O4/c1-22-12-3-5-13(6-4-12)23-14-7-8-15-11(10-14)2-9-16(15)19(21)17(18)20/h3-8,10,16,21H,2,9H2,1H3,(H2,18,20). The first kappa shape index (κ1) is 15.2. The van der Waals surface area contributed by atoms with E-state index in [1.54, 1.807) is 7.11 Å². The Balaban J connectivity index is 1.78. The minimum Gasteiger partial charge on any atom is -0.497 e. The number of methoxy groups -OCH3 is 1. The highest BCUT2D eigenvalue weighted by Gasteiger charge is 2.29. The maximum Gasteiger partial charge on any atom is 0.339 e. The fraction of sp³-hybridized carbons (Fsp3) is 0.235. The van der Waals surface area contributed by atoms with Crippen LogP contribution in [0.2, 0.25) is 0 Å². The molecule has 0 bridgehead atoms. The molecule has 0 fully saturated rings. The van der Waals surface area contributed by atoms with Gasteiger partial charge in [0, 0.05) is 0 Å². The van der Waals surface area contributed by atoms with Crippen LogP contribution < -0.4 is 15.2 Å². The molecule has 120 valence electrons. The number of hydrogen-bond acceptors (Lipinski definition) is 4. The fourth-order valence-electron chi connectivity index (χ4n) is 2.82. The Morgan fingerprint density at radius 1 is 1.17 bits per heavy atom. The third kappa shape index (κ3) is 3.07. The van der Waals surface area contributed by atoms with Crippen molar-refractivity contribution in [3.05, 3.63) is 53.6 Å². The van der Waals surface area contributed by atoms with E-state index in [1.165, 1.54) is 0 Å². The van der Waals surface area contributed by atoms with E-state index in [1.807, 2.05) is 42.5 Å². The summed E-state index contributed by atoms with van der Waals surface area (Å²) in [5.41, 5.74) is 7.07. The summed E-state index contributed by atoms with van der Waals surface area (Å²) in [4.78, 5) is 11.1. The average Bonchev–Trinajstić information content (AvgIpc) is 2.98. The minimum atomic E-state index is -0.846. The molecule has 0 saturated carbocycles. The molecular formula is C17H18N2O4. The van der Waals surface area contributed by atoms with Gasteiger partial charge in [0.25, 0.3) is 0 Å². The zero-order valence-corrected chi connectivity index (χ0v) is 12.7. The van der Waals surface area contributed by atoms with Gasteiger partial charge in [-0.05, 0) is 60.4 Å². The minimum absolute atomic E-state index is 0.391. The number of urea groups is 1. The number of ether oxygens (including phenoxy) is 2. The monoisotopic (exact) mass is 314 g/mol. The molecule has 0 radical (unpaired) electrons. The Morgan fingerprint density at radius 3 is 2.48 bits per heavy atom. The highest BCUT2D eigenvalue weighted by Crippen LogP contribution is 2.37. The predicted molar refractivity (Wildman–Crippen MR) is 83.8 cm³/mol. The first-order valence-electron chi connectivity index (χ1n) is 7.31. The van der Waals surface area contributed by atoms with Gasteiger partial charge in [-0.1, -0.05) is 6.07 Å². The summed E-state index contributed by atoms with van der Waals surface area (Å²) in [6.07, 6.45) is 1.39. The summed E-state index contributed by atoms with van der Waals surface area (Å²) < 4.78 is 10.9. The van der Waals surface area contributed by atoms with E-state index in [9.17, 15) is 10.0 Å². The molecule has 6 nitrogen and oxygen atoms in total. The Morgan fingerprint density at radius 2 is 1.83 bits per heavy atom. The fourth-order valence-corrected chi connectivity index (χ4v) is 2.82. The number of amides is 2. The van der Waals surface area contributed by atoms with Crippen LogP contribution in [-0.4, -0.2) is 23.4 Å². The van der Waals surface area contributed by atoms with E-state index in [0.29, 0.717) is 23.0 Å². The number of rotatable bonds is 4. The molecule has 0 spiro atoms. The summed E-state index contributed by atoms with van der Waals surface area (Å²) >= 11 is 0. The molecule has 1 aliphatic rings. The average molecular weight is 314 g/mol. The number of primary amides is 1. The summed E-state index contributed by atoms with van der Waals surface area (Å²) in [6, 6.07) is 11.7. The number of carbonyl (C=O) groups excluding carboxylic acids is 1. The molecule has 2 aromatic carbocycles. The molecule has 1 atom stereocenters. The van der Waals surface area contributed by atoms with Crippen molar-refractivity contribution in [3.8, 4) is 17.2 Å². The smallest absolute Gasteiger partial charge is 0.339 e. The summed E-state index contributed by atoms with van der Waals surface area (Å²) in [5, 5.41) is 10.3. The van der Waals surface area contributed by atoms with E-state index in [4.69, 9.17) is 15.2 Å². The van der Waals surface area contributed by atoms with Crippen LogP contribution in [0.5, 0.6) is 17.2 Å². The van der Waals surface area contributed by atoms with Crippen molar-refractivity contribution in [2.75, 3.05) is 7.11 Å². The van der Waals surface area contributed by atoms with Crippen molar-refractivity contribution in [1.82, 2.24) is 5.06 Å². The maximum absolute atomic E-state index is 11.1. The van der Waals surface area contributed by atoms with Crippen LogP contribution >= 0.6 is 0 Å². The van der Waals surface area contributed by atoms with Crippen LogP contribution in [0.1, 0.15) is 23.6 Å². The number of hydroxylamine groups is 2. The molecule has 0 heterocycles. The van der Waals surface area contributed by atoms with Crippen molar-refractivity contribution in [2.45, 2.75) is 18.9 Å². The largest absolute Gasteiger partial charge is 0.497 e. The molecule has 0 aromatic heterocycles. The van der Waals surface area contributed by atoms with Crippen molar-refractivity contribution in [2.24, 2.45) is 5.73 Å². The van der Waals surface area contributed by atoms with E-state index < -0.39 is 12.1 Å². The SMILES string of the molecule is COc1ccc(Oc2ccc3c(c2)CCC3N(O)C(N)=O)cc1. The summed E-state index contributed by atoms with van der Waals surface area (Å²) in [5.74, 6) is 2.18. The second kappa shape index (κ2) is 6.18. The zero-order valence-electron chi connectivity index (χ0n) is 12.7. The van der Waals surface area contributed by atoms with Crippen LogP contribution in [0.3, 0.4) is 0 Å². The van der Waals surface area contributed by atoms with Gasteiger partial charge in [0.1, 0.15) is 17.2 Å². The van der Waals surface area contributed by atoms with Gasteiger partial charge >= 0.3 is 6.03 Å². The highest BCUT2D eigenvalue weighted by atomic mass is 16.5. The van der Waals surface area contributed by atoms with E-state index in [0.717, 1.165) is 23.3 Å². The molecule has 2 amide bonds. The lowest BCUT2D eigenvalue weighted by atomic mass is 10.1. The number of fused-ring (bicyclic) bond motifs is 1. The summed E-state index contributed by atoms with van der Waals surface area (Å²) in [7, 11) is 1.61. The van der Waals surface area contributed by atoms with Crippen LogP contribution in [0.4, 0.5) is 4.79 Å².